The van der Waals surface area contributed by atoms with Crippen LogP contribution in [-0.2, 0) is 11.6 Å². The highest BCUT2D eigenvalue weighted by Crippen LogP contribution is 2.36. The Kier molecular flexibility index (Phi) is 3.72. The van der Waals surface area contributed by atoms with Gasteiger partial charge in [-0.15, -0.1) is 0 Å². The second-order valence-corrected chi connectivity index (χ2v) is 5.74. The summed E-state index contributed by atoms with van der Waals surface area (Å²) in [7, 11) is 0. The molecule has 0 unspecified atom stereocenters. The second-order valence-electron chi connectivity index (χ2n) is 5.74. The van der Waals surface area contributed by atoms with Gasteiger partial charge in [-0.05, 0) is 12.1 Å². The molecule has 0 saturated heterocycles. The predicted molar refractivity (Wildman–Crippen MR) is 73.5 cm³/mol. The molecule has 1 aromatic carbocycles. The Morgan fingerprint density at radius 1 is 1.09 bits per heavy atom. The highest BCUT2D eigenvalue weighted by atomic mass is 19.4. The third kappa shape index (κ3) is 3.26. The van der Waals surface area contributed by atoms with Gasteiger partial charge in [0.2, 0.25) is 0 Å². The number of aromatic nitrogens is 2. The quantitative estimate of drug-likeness (QED) is 0.875. The molecule has 2 rings (SSSR count). The maximum atomic E-state index is 13.2. The number of alkyl halides is 3. The Labute approximate surface area is 124 Å². The molecule has 1 heterocycles. The lowest BCUT2D eigenvalue weighted by molar-refractivity contribution is -0.142. The summed E-state index contributed by atoms with van der Waals surface area (Å²) in [4.78, 5) is 18.4. The molecule has 0 bridgehead atoms. The van der Waals surface area contributed by atoms with Crippen molar-refractivity contribution in [3.63, 3.8) is 0 Å². The van der Waals surface area contributed by atoms with Crippen LogP contribution in [0.4, 0.5) is 18.0 Å². The molecule has 2 aromatic rings. The molecule has 0 aliphatic carbocycles. The number of hydrogen-bond donors (Lipinski definition) is 1. The van der Waals surface area contributed by atoms with E-state index in [0.717, 1.165) is 0 Å². The van der Waals surface area contributed by atoms with Crippen molar-refractivity contribution >= 4 is 17.1 Å². The molecule has 5 nitrogen and oxygen atoms in total. The van der Waals surface area contributed by atoms with Crippen molar-refractivity contribution < 1.29 is 22.7 Å². The van der Waals surface area contributed by atoms with Gasteiger partial charge in [-0.25, -0.2) is 14.8 Å². The first-order valence-corrected chi connectivity index (χ1v) is 6.35. The molecule has 0 radical (unpaired) electrons. The van der Waals surface area contributed by atoms with Gasteiger partial charge >= 0.3 is 12.3 Å². The summed E-state index contributed by atoms with van der Waals surface area (Å²) in [5, 5.41) is 0. The fourth-order valence-corrected chi connectivity index (χ4v) is 1.93. The zero-order valence-corrected chi connectivity index (χ0v) is 12.2. The van der Waals surface area contributed by atoms with Gasteiger partial charge in [0.25, 0.3) is 0 Å². The van der Waals surface area contributed by atoms with Crippen LogP contribution in [-0.4, -0.2) is 16.1 Å². The van der Waals surface area contributed by atoms with Crippen LogP contribution in [0.1, 0.15) is 32.2 Å². The fourth-order valence-electron chi connectivity index (χ4n) is 1.93. The van der Waals surface area contributed by atoms with Gasteiger partial charge in [0, 0.05) is 11.5 Å². The fraction of sp³-hybridized carbons (Fsp3) is 0.357. The van der Waals surface area contributed by atoms with Gasteiger partial charge in [-0.3, -0.25) is 0 Å². The molecular weight excluding hydrogens is 299 g/mol. The van der Waals surface area contributed by atoms with E-state index >= 15 is 0 Å². The van der Waals surface area contributed by atoms with E-state index in [4.69, 9.17) is 5.73 Å². The van der Waals surface area contributed by atoms with Crippen molar-refractivity contribution in [1.29, 1.82) is 0 Å². The molecular formula is C14H14F3N3O2. The molecule has 8 heteroatoms. The van der Waals surface area contributed by atoms with Crippen molar-refractivity contribution in [2.75, 3.05) is 0 Å². The van der Waals surface area contributed by atoms with Crippen molar-refractivity contribution in [3.8, 4) is 5.75 Å². The maximum absolute atomic E-state index is 13.2. The van der Waals surface area contributed by atoms with Crippen LogP contribution in [0, 0.1) is 0 Å². The molecule has 22 heavy (non-hydrogen) atoms. The normalized spacial score (nSPS) is 12.5. The zero-order chi connectivity index (χ0) is 16.7. The summed E-state index contributed by atoms with van der Waals surface area (Å²) in [6, 6.07) is 4.01. The molecule has 0 fully saturated rings. The number of carbonyl (C=O) groups is 1. The summed E-state index contributed by atoms with van der Waals surface area (Å²) in [5.74, 6) is 0.00549. The number of nitrogens with zero attached hydrogens (tertiary/aromatic N) is 2. The third-order valence-corrected chi connectivity index (χ3v) is 2.83. The van der Waals surface area contributed by atoms with Gasteiger partial charge in [0.15, 0.2) is 5.69 Å². The Balaban J connectivity index is 2.70. The largest absolute Gasteiger partial charge is 0.435 e. The molecule has 0 atom stereocenters. The van der Waals surface area contributed by atoms with Crippen molar-refractivity contribution in [1.82, 2.24) is 9.97 Å². The summed E-state index contributed by atoms with van der Waals surface area (Å²) in [5.41, 5.74) is 3.10. The molecule has 0 saturated carbocycles. The third-order valence-electron chi connectivity index (χ3n) is 2.83. The number of primary amides is 1. The van der Waals surface area contributed by atoms with Crippen molar-refractivity contribution in [2.24, 2.45) is 5.73 Å². The molecule has 118 valence electrons. The van der Waals surface area contributed by atoms with E-state index in [1.165, 1.54) is 18.2 Å². The first-order valence-electron chi connectivity index (χ1n) is 6.35. The van der Waals surface area contributed by atoms with Crippen LogP contribution in [0.2, 0.25) is 0 Å². The van der Waals surface area contributed by atoms with Crippen LogP contribution < -0.4 is 10.5 Å². The van der Waals surface area contributed by atoms with E-state index in [1.54, 1.807) is 20.8 Å². The Hall–Kier alpha value is -2.38. The average Bonchev–Trinajstić information content (AvgIpc) is 2.34. The Morgan fingerprint density at radius 2 is 1.68 bits per heavy atom. The summed E-state index contributed by atoms with van der Waals surface area (Å²) in [6.07, 6.45) is -5.70. The van der Waals surface area contributed by atoms with Gasteiger partial charge in [0.1, 0.15) is 5.75 Å². The van der Waals surface area contributed by atoms with Gasteiger partial charge in [-0.1, -0.05) is 20.8 Å². The lowest BCUT2D eigenvalue weighted by Crippen LogP contribution is -2.23. The highest BCUT2D eigenvalue weighted by Gasteiger charge is 2.39. The van der Waals surface area contributed by atoms with Crippen LogP contribution in [0.15, 0.2) is 18.2 Å². The van der Waals surface area contributed by atoms with Crippen LogP contribution in [0.3, 0.4) is 0 Å². The number of hydrogen-bond acceptors (Lipinski definition) is 4. The first kappa shape index (κ1) is 16.0. The summed E-state index contributed by atoms with van der Waals surface area (Å²) < 4.78 is 44.3. The Morgan fingerprint density at radius 3 is 2.18 bits per heavy atom. The number of nitrogens with two attached hydrogens (primary N) is 1. The molecule has 0 aliphatic heterocycles. The van der Waals surface area contributed by atoms with Crippen LogP contribution >= 0.6 is 0 Å². The number of halogens is 3. The van der Waals surface area contributed by atoms with E-state index in [-0.39, 0.29) is 22.5 Å². The maximum Gasteiger partial charge on any atom is 0.435 e. The van der Waals surface area contributed by atoms with Crippen LogP contribution in [0.25, 0.3) is 11.0 Å². The zero-order valence-electron chi connectivity index (χ0n) is 12.2. The van der Waals surface area contributed by atoms with Crippen molar-refractivity contribution in [3.05, 3.63) is 29.6 Å². The second kappa shape index (κ2) is 5.11. The van der Waals surface area contributed by atoms with E-state index in [9.17, 15) is 18.0 Å². The number of amides is 1. The minimum Gasteiger partial charge on any atom is -0.410 e. The monoisotopic (exact) mass is 313 g/mol. The lowest BCUT2D eigenvalue weighted by Gasteiger charge is -2.22. The lowest BCUT2D eigenvalue weighted by atomic mass is 9.90. The predicted octanol–water partition coefficient (Wildman–Crippen LogP) is 3.40. The van der Waals surface area contributed by atoms with E-state index in [1.807, 2.05) is 0 Å². The van der Waals surface area contributed by atoms with Gasteiger partial charge < -0.3 is 10.5 Å². The van der Waals surface area contributed by atoms with Crippen molar-refractivity contribution in [2.45, 2.75) is 32.4 Å². The SMILES string of the molecule is CC(C)(C)c1nc2ccc(OC(N)=O)cc2nc1C(F)(F)F. The van der Waals surface area contributed by atoms with Gasteiger partial charge in [-0.2, -0.15) is 13.2 Å². The molecule has 0 aliphatic rings. The minimum absolute atomic E-state index is 0.00549. The molecule has 1 aromatic heterocycles. The molecule has 2 N–H and O–H groups in total. The summed E-state index contributed by atoms with van der Waals surface area (Å²) in [6.45, 7) is 4.88. The van der Waals surface area contributed by atoms with E-state index in [0.29, 0.717) is 0 Å². The standard InChI is InChI=1S/C14H14F3N3O2/c1-13(2,3)10-11(14(15,16)17)20-9-6-7(22-12(18)21)4-5-8(9)19-10/h4-6H,1-3H3,(H2,18,21). The molecule has 0 spiro atoms. The number of fused-ring (bicyclic) bond motifs is 1. The first-order chi connectivity index (χ1) is 9.98. The number of ether oxygens (including phenoxy) is 1. The Bertz CT molecular complexity index is 736. The van der Waals surface area contributed by atoms with Gasteiger partial charge in [0.05, 0.1) is 16.7 Å². The number of carbonyl (C=O) groups excluding carboxylic acids is 1. The van der Waals surface area contributed by atoms with E-state index in [2.05, 4.69) is 14.7 Å². The number of benzene rings is 1. The topological polar surface area (TPSA) is 78.1 Å². The smallest absolute Gasteiger partial charge is 0.410 e. The minimum atomic E-state index is -4.63. The average molecular weight is 313 g/mol. The number of rotatable bonds is 1. The van der Waals surface area contributed by atoms with E-state index < -0.39 is 23.4 Å². The summed E-state index contributed by atoms with van der Waals surface area (Å²) >= 11 is 0. The van der Waals surface area contributed by atoms with Crippen LogP contribution in [0.5, 0.6) is 5.75 Å². The molecule has 1 amide bonds. The highest BCUT2D eigenvalue weighted by molar-refractivity contribution is 5.78.